The lowest BCUT2D eigenvalue weighted by atomic mass is 10.1. The molecule has 1 atom stereocenters. The minimum atomic E-state index is -0.661. The van der Waals surface area contributed by atoms with Crippen LogP contribution in [0.1, 0.15) is 5.56 Å². The van der Waals surface area contributed by atoms with Gasteiger partial charge in [0.05, 0.1) is 10.8 Å². The number of fused-ring (bicyclic) bond motifs is 2. The summed E-state index contributed by atoms with van der Waals surface area (Å²) in [4.78, 5) is 17.6. The second-order valence-corrected chi connectivity index (χ2v) is 9.52. The molecule has 1 aliphatic rings. The molecule has 5 rings (SSSR count). The lowest BCUT2D eigenvalue weighted by Gasteiger charge is -2.35. The van der Waals surface area contributed by atoms with Crippen molar-refractivity contribution in [2.75, 3.05) is 45.9 Å². The van der Waals surface area contributed by atoms with E-state index in [1.54, 1.807) is 36.4 Å². The number of rotatable bonds is 8. The van der Waals surface area contributed by atoms with Crippen molar-refractivity contribution >= 4 is 64.4 Å². The van der Waals surface area contributed by atoms with Crippen LogP contribution in [0.5, 0.6) is 5.75 Å². The molecule has 2 heterocycles. The Morgan fingerprint density at radius 2 is 1.68 bits per heavy atom. The zero-order chi connectivity index (χ0) is 24.9. The third kappa shape index (κ3) is 7.29. The molecule has 1 saturated heterocycles. The Labute approximate surface area is 239 Å². The first-order valence-electron chi connectivity index (χ1n) is 12.2. The molecule has 1 fully saturated rings. The number of hydrogen-bond donors (Lipinski definition) is 1. The number of halogens is 3. The standard InChI is InChI=1S/C29H29ClN2O4.2ClH/c30-22-11-12-24-27(18-22)36-29-25(28(24)34)9-4-10-26(29)35-20-23(33)19-32-16-14-31(15-17-32)13-5-8-21-6-2-1-3-7-21;;/h1-12,18,23,33H,13-17,19-20H2;2*1H/b8-5+;;. The quantitative estimate of drug-likeness (QED) is 0.279. The van der Waals surface area contributed by atoms with E-state index < -0.39 is 6.10 Å². The number of benzene rings is 3. The smallest absolute Gasteiger partial charge is 0.200 e. The Morgan fingerprint density at radius 3 is 2.45 bits per heavy atom. The van der Waals surface area contributed by atoms with Crippen LogP contribution in [0.3, 0.4) is 0 Å². The summed E-state index contributed by atoms with van der Waals surface area (Å²) in [6.45, 7) is 5.25. The van der Waals surface area contributed by atoms with Crippen molar-refractivity contribution in [3.63, 3.8) is 0 Å². The topological polar surface area (TPSA) is 66.2 Å². The summed E-state index contributed by atoms with van der Waals surface area (Å²) in [7, 11) is 0. The lowest BCUT2D eigenvalue weighted by molar-refractivity contribution is 0.0483. The molecule has 4 aromatic rings. The van der Waals surface area contributed by atoms with Crippen LogP contribution < -0.4 is 10.2 Å². The molecule has 1 unspecified atom stereocenters. The van der Waals surface area contributed by atoms with Crippen LogP contribution >= 0.6 is 36.4 Å². The molecule has 3 aromatic carbocycles. The molecule has 202 valence electrons. The SMILES string of the molecule is Cl.Cl.O=c1c2ccc(Cl)cc2oc2c(OCC(O)CN3CCN(C/C=C/c4ccccc4)CC3)cccc12. The van der Waals surface area contributed by atoms with Gasteiger partial charge in [-0.2, -0.15) is 0 Å². The number of nitrogens with zero attached hydrogens (tertiary/aromatic N) is 2. The number of piperazine rings is 1. The van der Waals surface area contributed by atoms with E-state index in [1.807, 2.05) is 18.2 Å². The van der Waals surface area contributed by atoms with E-state index in [1.165, 1.54) is 5.56 Å². The van der Waals surface area contributed by atoms with Gasteiger partial charge in [-0.1, -0.05) is 60.2 Å². The third-order valence-electron chi connectivity index (χ3n) is 6.46. The molecule has 0 amide bonds. The Hall–Kier alpha value is -2.58. The van der Waals surface area contributed by atoms with E-state index in [0.29, 0.717) is 39.3 Å². The first-order valence-corrected chi connectivity index (χ1v) is 12.6. The van der Waals surface area contributed by atoms with Gasteiger partial charge in [0.2, 0.25) is 5.43 Å². The van der Waals surface area contributed by atoms with Crippen LogP contribution in [0.15, 0.2) is 82.0 Å². The number of β-amino-alcohol motifs (C(OH)–C–C–N with tert-alkyl or cyclic N) is 1. The van der Waals surface area contributed by atoms with Gasteiger partial charge in [0, 0.05) is 50.4 Å². The fourth-order valence-corrected chi connectivity index (χ4v) is 4.69. The molecule has 9 heteroatoms. The Morgan fingerprint density at radius 1 is 0.947 bits per heavy atom. The maximum atomic E-state index is 12.9. The summed E-state index contributed by atoms with van der Waals surface area (Å²) in [5, 5.41) is 12.0. The Bertz CT molecular complexity index is 1420. The number of ether oxygens (including phenoxy) is 1. The average Bonchev–Trinajstić information content (AvgIpc) is 2.89. The first kappa shape index (κ1) is 30.0. The van der Waals surface area contributed by atoms with Crippen molar-refractivity contribution in [1.82, 2.24) is 9.80 Å². The second kappa shape index (κ2) is 14.0. The molecule has 0 aliphatic carbocycles. The van der Waals surface area contributed by atoms with Crippen molar-refractivity contribution in [2.24, 2.45) is 0 Å². The van der Waals surface area contributed by atoms with E-state index in [-0.39, 0.29) is 36.8 Å². The maximum absolute atomic E-state index is 12.9. The minimum absolute atomic E-state index is 0. The predicted molar refractivity (Wildman–Crippen MR) is 159 cm³/mol. The summed E-state index contributed by atoms with van der Waals surface area (Å²) in [6.07, 6.45) is 3.69. The molecule has 1 aromatic heterocycles. The Balaban J connectivity index is 0.00000200. The van der Waals surface area contributed by atoms with E-state index in [2.05, 4.69) is 34.1 Å². The highest BCUT2D eigenvalue weighted by atomic mass is 35.5. The summed E-state index contributed by atoms with van der Waals surface area (Å²) < 4.78 is 11.9. The summed E-state index contributed by atoms with van der Waals surface area (Å²) in [6, 6.07) is 20.5. The van der Waals surface area contributed by atoms with Crippen LogP contribution in [0, 0.1) is 0 Å². The van der Waals surface area contributed by atoms with Gasteiger partial charge in [-0.3, -0.25) is 14.6 Å². The van der Waals surface area contributed by atoms with Gasteiger partial charge >= 0.3 is 0 Å². The molecule has 0 bridgehead atoms. The Kier molecular flexibility index (Phi) is 11.0. The van der Waals surface area contributed by atoms with Gasteiger partial charge in [-0.25, -0.2) is 0 Å². The highest BCUT2D eigenvalue weighted by Gasteiger charge is 2.19. The highest BCUT2D eigenvalue weighted by Crippen LogP contribution is 2.28. The fourth-order valence-electron chi connectivity index (χ4n) is 4.53. The van der Waals surface area contributed by atoms with Gasteiger partial charge in [0.25, 0.3) is 0 Å². The lowest BCUT2D eigenvalue weighted by Crippen LogP contribution is -2.49. The van der Waals surface area contributed by atoms with Crippen LogP contribution in [0.2, 0.25) is 5.02 Å². The first-order chi connectivity index (χ1) is 17.6. The molecule has 6 nitrogen and oxygen atoms in total. The molecule has 1 aliphatic heterocycles. The normalized spacial score (nSPS) is 15.3. The summed E-state index contributed by atoms with van der Waals surface area (Å²) in [5.41, 5.74) is 1.85. The van der Waals surface area contributed by atoms with E-state index >= 15 is 0 Å². The highest BCUT2D eigenvalue weighted by molar-refractivity contribution is 6.31. The number of aliphatic hydroxyl groups is 1. The molecule has 0 saturated carbocycles. The maximum Gasteiger partial charge on any atom is 0.200 e. The zero-order valence-corrected chi connectivity index (χ0v) is 23.2. The molecular weight excluding hydrogens is 547 g/mol. The average molecular weight is 578 g/mol. The summed E-state index contributed by atoms with van der Waals surface area (Å²) >= 11 is 6.08. The predicted octanol–water partition coefficient (Wildman–Crippen LogP) is 5.51. The largest absolute Gasteiger partial charge is 0.487 e. The van der Waals surface area contributed by atoms with Gasteiger partial charge in [0.15, 0.2) is 11.3 Å². The monoisotopic (exact) mass is 576 g/mol. The van der Waals surface area contributed by atoms with Crippen molar-refractivity contribution in [2.45, 2.75) is 6.10 Å². The molecule has 0 spiro atoms. The van der Waals surface area contributed by atoms with Gasteiger partial charge in [0.1, 0.15) is 18.3 Å². The van der Waals surface area contributed by atoms with Crippen molar-refractivity contribution in [3.8, 4) is 5.75 Å². The number of aliphatic hydroxyl groups excluding tert-OH is 1. The van der Waals surface area contributed by atoms with E-state index in [0.717, 1.165) is 32.7 Å². The fraction of sp³-hybridized carbons (Fsp3) is 0.276. The van der Waals surface area contributed by atoms with Crippen molar-refractivity contribution in [1.29, 1.82) is 0 Å². The van der Waals surface area contributed by atoms with E-state index in [9.17, 15) is 9.90 Å². The van der Waals surface area contributed by atoms with Gasteiger partial charge in [-0.15, -0.1) is 24.8 Å². The van der Waals surface area contributed by atoms with Crippen LogP contribution in [-0.2, 0) is 0 Å². The van der Waals surface area contributed by atoms with Gasteiger partial charge in [-0.05, 0) is 29.8 Å². The zero-order valence-electron chi connectivity index (χ0n) is 20.8. The van der Waals surface area contributed by atoms with Gasteiger partial charge < -0.3 is 14.3 Å². The van der Waals surface area contributed by atoms with E-state index in [4.69, 9.17) is 20.8 Å². The van der Waals surface area contributed by atoms with Crippen LogP contribution in [0.4, 0.5) is 0 Å². The molecule has 0 radical (unpaired) electrons. The van der Waals surface area contributed by atoms with Crippen LogP contribution in [0.25, 0.3) is 28.0 Å². The molecule has 1 N–H and O–H groups in total. The number of hydrogen-bond acceptors (Lipinski definition) is 6. The second-order valence-electron chi connectivity index (χ2n) is 9.08. The number of para-hydroxylation sites is 1. The third-order valence-corrected chi connectivity index (χ3v) is 6.70. The van der Waals surface area contributed by atoms with Crippen LogP contribution in [-0.4, -0.2) is 66.9 Å². The van der Waals surface area contributed by atoms with Crippen molar-refractivity contribution in [3.05, 3.63) is 93.6 Å². The molecular formula is C29H31Cl3N2O4. The van der Waals surface area contributed by atoms with Crippen molar-refractivity contribution < 1.29 is 14.3 Å². The molecule has 38 heavy (non-hydrogen) atoms. The summed E-state index contributed by atoms with van der Waals surface area (Å²) in [5.74, 6) is 0.431. The minimum Gasteiger partial charge on any atom is -0.487 e.